The predicted molar refractivity (Wildman–Crippen MR) is 80.6 cm³/mol. The molecule has 0 unspecified atom stereocenters. The number of hydrogen-bond donors (Lipinski definition) is 1. The van der Waals surface area contributed by atoms with Gasteiger partial charge in [-0.15, -0.1) is 0 Å². The zero-order chi connectivity index (χ0) is 14.7. The minimum Gasteiger partial charge on any atom is -0.354 e. The average Bonchev–Trinajstić information content (AvgIpc) is 3.31. The smallest absolute Gasteiger partial charge is 0.230 e. The first kappa shape index (κ1) is 14.5. The van der Waals surface area contributed by atoms with Gasteiger partial charge in [0.25, 0.3) is 0 Å². The monoisotopic (exact) mass is 290 g/mol. The highest BCUT2D eigenvalue weighted by atomic mass is 19.1. The summed E-state index contributed by atoms with van der Waals surface area (Å²) in [4.78, 5) is 14.8. The van der Waals surface area contributed by atoms with Crippen molar-refractivity contribution in [1.82, 2.24) is 10.2 Å². The van der Waals surface area contributed by atoms with Gasteiger partial charge in [-0.25, -0.2) is 4.39 Å². The zero-order valence-corrected chi connectivity index (χ0v) is 12.4. The lowest BCUT2D eigenvalue weighted by atomic mass is 9.95. The van der Waals surface area contributed by atoms with Crippen molar-refractivity contribution < 1.29 is 9.18 Å². The van der Waals surface area contributed by atoms with E-state index < -0.39 is 5.41 Å². The molecule has 1 aliphatic heterocycles. The molecule has 0 aromatic heterocycles. The Labute approximate surface area is 125 Å². The second-order valence-electron chi connectivity index (χ2n) is 6.25. The number of hydrogen-bond acceptors (Lipinski definition) is 2. The number of benzene rings is 1. The standard InChI is InChI=1S/C17H23FN2O/c18-15-6-4-14(5-7-15)17(8-9-17)16(21)19-10-13-20-11-2-1-3-12-20/h4-7H,1-3,8-13H2,(H,19,21). The van der Waals surface area contributed by atoms with E-state index in [0.29, 0.717) is 6.54 Å². The van der Waals surface area contributed by atoms with Gasteiger partial charge in [0.05, 0.1) is 5.41 Å². The van der Waals surface area contributed by atoms with Gasteiger partial charge in [-0.05, 0) is 56.5 Å². The molecule has 0 radical (unpaired) electrons. The van der Waals surface area contributed by atoms with E-state index in [1.165, 1.54) is 31.4 Å². The fourth-order valence-corrected chi connectivity index (χ4v) is 3.22. The summed E-state index contributed by atoms with van der Waals surface area (Å²) < 4.78 is 13.0. The van der Waals surface area contributed by atoms with Crippen LogP contribution < -0.4 is 5.32 Å². The normalized spacial score (nSPS) is 21.0. The maximum absolute atomic E-state index is 13.0. The molecular weight excluding hydrogens is 267 g/mol. The molecule has 1 saturated carbocycles. The van der Waals surface area contributed by atoms with Crippen LogP contribution in [-0.4, -0.2) is 37.0 Å². The van der Waals surface area contributed by atoms with Crippen molar-refractivity contribution >= 4 is 5.91 Å². The average molecular weight is 290 g/mol. The van der Waals surface area contributed by atoms with Crippen LogP contribution in [0.1, 0.15) is 37.7 Å². The Morgan fingerprint density at radius 1 is 1.14 bits per heavy atom. The van der Waals surface area contributed by atoms with Gasteiger partial charge in [0.15, 0.2) is 0 Å². The highest BCUT2D eigenvalue weighted by molar-refractivity contribution is 5.91. The molecular formula is C17H23FN2O. The van der Waals surface area contributed by atoms with Gasteiger partial charge in [0.1, 0.15) is 5.82 Å². The van der Waals surface area contributed by atoms with Crippen LogP contribution >= 0.6 is 0 Å². The lowest BCUT2D eigenvalue weighted by Crippen LogP contribution is -2.41. The third-order valence-corrected chi connectivity index (χ3v) is 4.74. The summed E-state index contributed by atoms with van der Waals surface area (Å²) in [6, 6.07) is 6.37. The highest BCUT2D eigenvalue weighted by Gasteiger charge is 2.51. The van der Waals surface area contributed by atoms with Gasteiger partial charge in [-0.3, -0.25) is 4.79 Å². The molecule has 1 saturated heterocycles. The van der Waals surface area contributed by atoms with Crippen molar-refractivity contribution in [2.24, 2.45) is 0 Å². The Balaban J connectivity index is 1.51. The number of rotatable bonds is 5. The molecule has 1 heterocycles. The summed E-state index contributed by atoms with van der Waals surface area (Å²) in [6.07, 6.45) is 5.61. The lowest BCUT2D eigenvalue weighted by molar-refractivity contribution is -0.123. The Kier molecular flexibility index (Phi) is 4.24. The number of nitrogens with one attached hydrogen (secondary N) is 1. The summed E-state index contributed by atoms with van der Waals surface area (Å²) in [5.74, 6) is -0.147. The number of carbonyl (C=O) groups excluding carboxylic acids is 1. The molecule has 2 fully saturated rings. The topological polar surface area (TPSA) is 32.3 Å². The van der Waals surface area contributed by atoms with E-state index in [0.717, 1.165) is 38.0 Å². The van der Waals surface area contributed by atoms with Gasteiger partial charge in [0, 0.05) is 13.1 Å². The van der Waals surface area contributed by atoms with Crippen LogP contribution in [-0.2, 0) is 10.2 Å². The second kappa shape index (κ2) is 6.14. The first-order valence-corrected chi connectivity index (χ1v) is 7.97. The Hall–Kier alpha value is -1.42. The van der Waals surface area contributed by atoms with Crippen LogP contribution in [0.2, 0.25) is 0 Å². The first-order valence-electron chi connectivity index (χ1n) is 7.97. The molecule has 3 nitrogen and oxygen atoms in total. The third-order valence-electron chi connectivity index (χ3n) is 4.74. The maximum atomic E-state index is 13.0. The van der Waals surface area contributed by atoms with Crippen LogP contribution in [0, 0.1) is 5.82 Å². The SMILES string of the molecule is O=C(NCCN1CCCCC1)C1(c2ccc(F)cc2)CC1. The summed E-state index contributed by atoms with van der Waals surface area (Å²) in [5, 5.41) is 3.07. The van der Waals surface area contributed by atoms with Crippen LogP contribution in [0.15, 0.2) is 24.3 Å². The molecule has 1 aromatic carbocycles. The molecule has 0 atom stereocenters. The molecule has 1 aliphatic carbocycles. The Morgan fingerprint density at radius 3 is 2.43 bits per heavy atom. The van der Waals surface area contributed by atoms with Crippen molar-refractivity contribution in [3.63, 3.8) is 0 Å². The molecule has 0 bridgehead atoms. The molecule has 4 heteroatoms. The summed E-state index contributed by atoms with van der Waals surface area (Å²) in [7, 11) is 0. The van der Waals surface area contributed by atoms with Gasteiger partial charge < -0.3 is 10.2 Å². The molecule has 3 rings (SSSR count). The maximum Gasteiger partial charge on any atom is 0.230 e. The molecule has 114 valence electrons. The number of nitrogens with zero attached hydrogens (tertiary/aromatic N) is 1. The van der Waals surface area contributed by atoms with Crippen molar-refractivity contribution in [2.75, 3.05) is 26.2 Å². The van der Waals surface area contributed by atoms with E-state index in [-0.39, 0.29) is 11.7 Å². The van der Waals surface area contributed by atoms with Crippen LogP contribution in [0.4, 0.5) is 4.39 Å². The van der Waals surface area contributed by atoms with E-state index in [9.17, 15) is 9.18 Å². The van der Waals surface area contributed by atoms with Gasteiger partial charge in [-0.2, -0.15) is 0 Å². The fourth-order valence-electron chi connectivity index (χ4n) is 3.22. The summed E-state index contributed by atoms with van der Waals surface area (Å²) in [5.41, 5.74) is 0.551. The van der Waals surface area contributed by atoms with E-state index in [1.807, 2.05) is 0 Å². The number of amides is 1. The number of halogens is 1. The van der Waals surface area contributed by atoms with Gasteiger partial charge >= 0.3 is 0 Å². The van der Waals surface area contributed by atoms with Crippen molar-refractivity contribution in [3.05, 3.63) is 35.6 Å². The quantitative estimate of drug-likeness (QED) is 0.903. The molecule has 21 heavy (non-hydrogen) atoms. The molecule has 0 spiro atoms. The molecule has 1 N–H and O–H groups in total. The van der Waals surface area contributed by atoms with Gasteiger partial charge in [-0.1, -0.05) is 18.6 Å². The molecule has 1 aromatic rings. The number of carbonyl (C=O) groups is 1. The zero-order valence-electron chi connectivity index (χ0n) is 12.4. The number of piperidine rings is 1. The van der Waals surface area contributed by atoms with Crippen LogP contribution in [0.3, 0.4) is 0 Å². The van der Waals surface area contributed by atoms with E-state index in [1.54, 1.807) is 12.1 Å². The predicted octanol–water partition coefficient (Wildman–Crippen LogP) is 2.46. The lowest BCUT2D eigenvalue weighted by Gasteiger charge is -2.26. The van der Waals surface area contributed by atoms with Gasteiger partial charge in [0.2, 0.25) is 5.91 Å². The van der Waals surface area contributed by atoms with E-state index in [2.05, 4.69) is 10.2 Å². The minimum atomic E-state index is -0.393. The summed E-state index contributed by atoms with van der Waals surface area (Å²) >= 11 is 0. The van der Waals surface area contributed by atoms with Crippen LogP contribution in [0.25, 0.3) is 0 Å². The number of likely N-dealkylation sites (tertiary alicyclic amines) is 1. The highest BCUT2D eigenvalue weighted by Crippen LogP contribution is 2.48. The largest absolute Gasteiger partial charge is 0.354 e. The molecule has 2 aliphatic rings. The van der Waals surface area contributed by atoms with E-state index in [4.69, 9.17) is 0 Å². The van der Waals surface area contributed by atoms with Crippen molar-refractivity contribution in [2.45, 2.75) is 37.5 Å². The van der Waals surface area contributed by atoms with Crippen molar-refractivity contribution in [3.8, 4) is 0 Å². The fraction of sp³-hybridized carbons (Fsp3) is 0.588. The van der Waals surface area contributed by atoms with Crippen LogP contribution in [0.5, 0.6) is 0 Å². The molecule has 1 amide bonds. The first-order chi connectivity index (χ1) is 10.2. The van der Waals surface area contributed by atoms with Crippen molar-refractivity contribution in [1.29, 1.82) is 0 Å². The Morgan fingerprint density at radius 2 is 1.81 bits per heavy atom. The minimum absolute atomic E-state index is 0.103. The Bertz CT molecular complexity index is 490. The summed E-state index contributed by atoms with van der Waals surface area (Å²) in [6.45, 7) is 3.95. The van der Waals surface area contributed by atoms with E-state index >= 15 is 0 Å². The second-order valence-corrected chi connectivity index (χ2v) is 6.25. The third kappa shape index (κ3) is 3.26.